The fraction of sp³-hybridized carbons (Fsp3) is 0.462. The molecule has 0 radical (unpaired) electrons. The molecule has 1 rings (SSSR count). The van der Waals surface area contributed by atoms with Gasteiger partial charge in [-0.05, 0) is 35.6 Å². The molecule has 0 saturated carbocycles. The van der Waals surface area contributed by atoms with Gasteiger partial charge in [0.15, 0.2) is 0 Å². The van der Waals surface area contributed by atoms with E-state index >= 15 is 0 Å². The van der Waals surface area contributed by atoms with Crippen LogP contribution in [-0.2, 0) is 6.61 Å². The maximum Gasteiger partial charge on any atom is 0.339 e. The Bertz CT molecular complexity index is 436. The quantitative estimate of drug-likeness (QED) is 0.844. The molecule has 4 heteroatoms. The maximum atomic E-state index is 11.2. The zero-order valence-electron chi connectivity index (χ0n) is 10.6. The zero-order chi connectivity index (χ0) is 13.2. The lowest BCUT2D eigenvalue weighted by Crippen LogP contribution is -2.08. The first kappa shape index (κ1) is 13.5. The molecule has 0 fully saturated rings. The summed E-state index contributed by atoms with van der Waals surface area (Å²) < 4.78 is 5.12. The summed E-state index contributed by atoms with van der Waals surface area (Å²) in [6, 6.07) is 1.59. The Labute approximate surface area is 101 Å². The standard InChI is InChI=1S/C13H18O4/c1-7(2)9-5-10(13(15)16)12(17-4)8(3)11(9)6-14/h5,7,14H,6H2,1-4H3,(H,15,16). The Morgan fingerprint density at radius 2 is 2.06 bits per heavy atom. The van der Waals surface area contributed by atoms with Crippen molar-refractivity contribution in [2.45, 2.75) is 33.3 Å². The lowest BCUT2D eigenvalue weighted by Gasteiger charge is -2.18. The number of hydrogen-bond donors (Lipinski definition) is 2. The molecule has 0 saturated heterocycles. The van der Waals surface area contributed by atoms with Crippen LogP contribution in [0.25, 0.3) is 0 Å². The number of carboxylic acid groups (broad SMARTS) is 1. The Kier molecular flexibility index (Phi) is 4.12. The third kappa shape index (κ3) is 2.42. The number of hydrogen-bond acceptors (Lipinski definition) is 3. The summed E-state index contributed by atoms with van der Waals surface area (Å²) in [6.45, 7) is 5.58. The van der Waals surface area contributed by atoms with Gasteiger partial charge in [0.25, 0.3) is 0 Å². The lowest BCUT2D eigenvalue weighted by molar-refractivity contribution is 0.0693. The number of aromatic carboxylic acids is 1. The Morgan fingerprint density at radius 1 is 1.47 bits per heavy atom. The van der Waals surface area contributed by atoms with Gasteiger partial charge in [0.05, 0.1) is 13.7 Å². The fourth-order valence-electron chi connectivity index (χ4n) is 2.01. The first-order chi connectivity index (χ1) is 7.93. The predicted molar refractivity (Wildman–Crippen MR) is 64.7 cm³/mol. The molecule has 1 aromatic rings. The van der Waals surface area contributed by atoms with E-state index in [1.54, 1.807) is 13.0 Å². The highest BCUT2D eigenvalue weighted by Crippen LogP contribution is 2.33. The summed E-state index contributed by atoms with van der Waals surface area (Å²) in [4.78, 5) is 11.2. The number of methoxy groups -OCH3 is 1. The van der Waals surface area contributed by atoms with Gasteiger partial charge in [-0.3, -0.25) is 0 Å². The van der Waals surface area contributed by atoms with Crippen LogP contribution in [0.3, 0.4) is 0 Å². The van der Waals surface area contributed by atoms with Crippen molar-refractivity contribution in [2.24, 2.45) is 0 Å². The summed E-state index contributed by atoms with van der Waals surface area (Å²) in [5, 5.41) is 18.5. The summed E-state index contributed by atoms with van der Waals surface area (Å²) in [7, 11) is 1.44. The average molecular weight is 238 g/mol. The van der Waals surface area contributed by atoms with E-state index in [4.69, 9.17) is 9.84 Å². The van der Waals surface area contributed by atoms with Gasteiger partial charge in [-0.1, -0.05) is 13.8 Å². The molecule has 0 aliphatic heterocycles. The van der Waals surface area contributed by atoms with Crippen LogP contribution in [0.4, 0.5) is 0 Å². The maximum absolute atomic E-state index is 11.2. The third-order valence-electron chi connectivity index (χ3n) is 2.90. The SMILES string of the molecule is COc1c(C(=O)O)cc(C(C)C)c(CO)c1C. The van der Waals surface area contributed by atoms with Crippen LogP contribution in [0.2, 0.25) is 0 Å². The van der Waals surface area contributed by atoms with Crippen LogP contribution in [0.1, 0.15) is 46.8 Å². The molecule has 0 bridgehead atoms. The Morgan fingerprint density at radius 3 is 2.41 bits per heavy atom. The highest BCUT2D eigenvalue weighted by Gasteiger charge is 2.20. The molecule has 4 nitrogen and oxygen atoms in total. The van der Waals surface area contributed by atoms with Gasteiger partial charge in [0, 0.05) is 0 Å². The van der Waals surface area contributed by atoms with E-state index in [2.05, 4.69) is 0 Å². The number of ether oxygens (including phenoxy) is 1. The molecule has 0 spiro atoms. The number of carbonyl (C=O) groups is 1. The van der Waals surface area contributed by atoms with Crippen LogP contribution in [0.15, 0.2) is 6.07 Å². The van der Waals surface area contributed by atoms with Gasteiger partial charge in [-0.2, -0.15) is 0 Å². The molecule has 0 atom stereocenters. The average Bonchev–Trinajstić information content (AvgIpc) is 2.27. The molecule has 0 amide bonds. The van der Waals surface area contributed by atoms with Crippen molar-refractivity contribution in [3.05, 3.63) is 28.3 Å². The number of carboxylic acids is 1. The molecule has 0 aromatic heterocycles. The summed E-state index contributed by atoms with van der Waals surface area (Å²) >= 11 is 0. The van der Waals surface area contributed by atoms with Crippen molar-refractivity contribution in [2.75, 3.05) is 7.11 Å². The van der Waals surface area contributed by atoms with Gasteiger partial charge in [-0.15, -0.1) is 0 Å². The summed E-state index contributed by atoms with van der Waals surface area (Å²) in [5.74, 6) is -0.540. The van der Waals surface area contributed by atoms with Crippen LogP contribution in [-0.4, -0.2) is 23.3 Å². The van der Waals surface area contributed by atoms with Crippen LogP contribution < -0.4 is 4.74 Å². The number of aliphatic hydroxyl groups is 1. The highest BCUT2D eigenvalue weighted by atomic mass is 16.5. The monoisotopic (exact) mass is 238 g/mol. The van der Waals surface area contributed by atoms with Crippen LogP contribution in [0, 0.1) is 6.92 Å². The number of aliphatic hydroxyl groups excluding tert-OH is 1. The van der Waals surface area contributed by atoms with E-state index in [-0.39, 0.29) is 18.1 Å². The minimum atomic E-state index is -1.02. The second-order valence-electron chi connectivity index (χ2n) is 4.27. The second-order valence-corrected chi connectivity index (χ2v) is 4.27. The number of rotatable bonds is 4. The topological polar surface area (TPSA) is 66.8 Å². The Balaban J connectivity index is 3.60. The first-order valence-electron chi connectivity index (χ1n) is 5.48. The predicted octanol–water partition coefficient (Wildman–Crippen LogP) is 2.32. The first-order valence-corrected chi connectivity index (χ1v) is 5.48. The molecule has 2 N–H and O–H groups in total. The molecular weight excluding hydrogens is 220 g/mol. The molecule has 1 aromatic carbocycles. The van der Waals surface area contributed by atoms with Crippen LogP contribution in [0.5, 0.6) is 5.75 Å². The molecule has 94 valence electrons. The van der Waals surface area contributed by atoms with E-state index in [1.807, 2.05) is 13.8 Å². The van der Waals surface area contributed by atoms with Crippen molar-refractivity contribution in [3.63, 3.8) is 0 Å². The molecule has 0 aliphatic carbocycles. The van der Waals surface area contributed by atoms with E-state index in [1.165, 1.54) is 7.11 Å². The van der Waals surface area contributed by atoms with Gasteiger partial charge in [-0.25, -0.2) is 4.79 Å². The molecule has 17 heavy (non-hydrogen) atoms. The lowest BCUT2D eigenvalue weighted by atomic mass is 9.91. The van der Waals surface area contributed by atoms with Crippen molar-refractivity contribution < 1.29 is 19.7 Å². The minimum absolute atomic E-state index is 0.115. The smallest absolute Gasteiger partial charge is 0.339 e. The van der Waals surface area contributed by atoms with Gasteiger partial charge in [0.1, 0.15) is 11.3 Å². The van der Waals surface area contributed by atoms with Crippen LogP contribution >= 0.6 is 0 Å². The van der Waals surface area contributed by atoms with Crippen molar-refractivity contribution in [1.29, 1.82) is 0 Å². The normalized spacial score (nSPS) is 10.7. The Hall–Kier alpha value is -1.55. The minimum Gasteiger partial charge on any atom is -0.496 e. The van der Waals surface area contributed by atoms with Gasteiger partial charge >= 0.3 is 5.97 Å². The molecule has 0 aliphatic rings. The molecule has 0 unspecified atom stereocenters. The number of benzene rings is 1. The third-order valence-corrected chi connectivity index (χ3v) is 2.90. The van der Waals surface area contributed by atoms with Crippen molar-refractivity contribution in [1.82, 2.24) is 0 Å². The van der Waals surface area contributed by atoms with E-state index in [0.29, 0.717) is 11.3 Å². The zero-order valence-corrected chi connectivity index (χ0v) is 10.6. The van der Waals surface area contributed by atoms with Gasteiger partial charge in [0.2, 0.25) is 0 Å². The van der Waals surface area contributed by atoms with Crippen molar-refractivity contribution in [3.8, 4) is 5.75 Å². The molecular formula is C13H18O4. The second kappa shape index (κ2) is 5.19. The fourth-order valence-corrected chi connectivity index (χ4v) is 2.01. The van der Waals surface area contributed by atoms with E-state index < -0.39 is 5.97 Å². The molecule has 0 heterocycles. The summed E-state index contributed by atoms with van der Waals surface area (Å²) in [5.41, 5.74) is 2.44. The van der Waals surface area contributed by atoms with E-state index in [9.17, 15) is 9.90 Å². The largest absolute Gasteiger partial charge is 0.496 e. The summed E-state index contributed by atoms with van der Waals surface area (Å²) in [6.07, 6.45) is 0. The van der Waals surface area contributed by atoms with E-state index in [0.717, 1.165) is 11.1 Å². The van der Waals surface area contributed by atoms with Crippen molar-refractivity contribution >= 4 is 5.97 Å². The van der Waals surface area contributed by atoms with Gasteiger partial charge < -0.3 is 14.9 Å². The highest BCUT2D eigenvalue weighted by molar-refractivity contribution is 5.92.